The Morgan fingerprint density at radius 1 is 1.21 bits per heavy atom. The first-order valence-corrected chi connectivity index (χ1v) is 10.9. The molecule has 0 unspecified atom stereocenters. The van der Waals surface area contributed by atoms with Gasteiger partial charge in [-0.15, -0.1) is 0 Å². The van der Waals surface area contributed by atoms with Crippen LogP contribution in [-0.2, 0) is 17.8 Å². The maximum absolute atomic E-state index is 10.6. The smallest absolute Gasteiger partial charge is 0.475 e. The van der Waals surface area contributed by atoms with E-state index in [1.165, 1.54) is 29.7 Å². The summed E-state index contributed by atoms with van der Waals surface area (Å²) in [4.78, 5) is 20.6. The van der Waals surface area contributed by atoms with Crippen LogP contribution in [0.25, 0.3) is 22.8 Å². The largest absolute Gasteiger partial charge is 0.490 e. The van der Waals surface area contributed by atoms with Gasteiger partial charge in [0.1, 0.15) is 0 Å². The minimum atomic E-state index is -5.08. The first-order chi connectivity index (χ1) is 16.3. The first-order valence-electron chi connectivity index (χ1n) is 10.9. The minimum Gasteiger partial charge on any atom is -0.475 e. The SMILES string of the molecule is Cc1ncc2c(c1-c1noc(-c3ccccc3N3CCCC3)n1)CCNC2.O=C(O)C(F)(F)F. The molecule has 11 heteroatoms. The molecule has 180 valence electrons. The molecule has 0 bridgehead atoms. The number of pyridine rings is 1. The van der Waals surface area contributed by atoms with Crippen LogP contribution >= 0.6 is 0 Å². The average molecular weight is 475 g/mol. The van der Waals surface area contributed by atoms with Crippen molar-refractivity contribution in [3.05, 3.63) is 47.3 Å². The molecule has 3 aromatic rings. The van der Waals surface area contributed by atoms with E-state index >= 15 is 0 Å². The molecular weight excluding hydrogens is 451 g/mol. The van der Waals surface area contributed by atoms with Gasteiger partial charge in [0, 0.05) is 42.8 Å². The number of fused-ring (bicyclic) bond motifs is 1. The maximum atomic E-state index is 10.6. The fraction of sp³-hybridized carbons (Fsp3) is 0.391. The molecule has 8 nitrogen and oxygen atoms in total. The van der Waals surface area contributed by atoms with E-state index in [0.29, 0.717) is 11.7 Å². The summed E-state index contributed by atoms with van der Waals surface area (Å²) >= 11 is 0. The number of nitrogens with zero attached hydrogens (tertiary/aromatic N) is 4. The number of carbonyl (C=O) groups is 1. The fourth-order valence-electron chi connectivity index (χ4n) is 4.19. The van der Waals surface area contributed by atoms with Gasteiger partial charge in [0.2, 0.25) is 5.82 Å². The lowest BCUT2D eigenvalue weighted by molar-refractivity contribution is -0.192. The Labute approximate surface area is 193 Å². The van der Waals surface area contributed by atoms with Gasteiger partial charge < -0.3 is 19.8 Å². The number of carboxylic acids is 1. The number of benzene rings is 1. The number of aliphatic carboxylic acids is 1. The molecule has 2 aliphatic rings. The van der Waals surface area contributed by atoms with Crippen molar-refractivity contribution in [1.82, 2.24) is 20.4 Å². The summed E-state index contributed by atoms with van der Waals surface area (Å²) in [6, 6.07) is 8.32. The van der Waals surface area contributed by atoms with E-state index in [9.17, 15) is 13.2 Å². The molecule has 0 saturated carbocycles. The van der Waals surface area contributed by atoms with Gasteiger partial charge in [-0.25, -0.2) is 4.79 Å². The van der Waals surface area contributed by atoms with Crippen LogP contribution in [0.3, 0.4) is 0 Å². The van der Waals surface area contributed by atoms with E-state index in [2.05, 4.69) is 38.6 Å². The third-order valence-electron chi connectivity index (χ3n) is 5.81. The lowest BCUT2D eigenvalue weighted by atomic mass is 9.95. The highest BCUT2D eigenvalue weighted by molar-refractivity contribution is 5.75. The molecular formula is C23H24F3N5O3. The van der Waals surface area contributed by atoms with Crippen molar-refractivity contribution in [1.29, 1.82) is 0 Å². The van der Waals surface area contributed by atoms with Crippen LogP contribution in [0, 0.1) is 6.92 Å². The monoisotopic (exact) mass is 475 g/mol. The molecule has 34 heavy (non-hydrogen) atoms. The van der Waals surface area contributed by atoms with E-state index in [0.717, 1.165) is 49.4 Å². The Hall–Kier alpha value is -3.47. The maximum Gasteiger partial charge on any atom is 0.490 e. The van der Waals surface area contributed by atoms with E-state index in [1.807, 2.05) is 19.2 Å². The Kier molecular flexibility index (Phi) is 6.82. The number of carboxylic acid groups (broad SMARTS) is 1. The lowest BCUT2D eigenvalue weighted by Gasteiger charge is -2.20. The zero-order chi connectivity index (χ0) is 24.3. The van der Waals surface area contributed by atoms with E-state index in [1.54, 1.807) is 0 Å². The number of halogens is 3. The second-order valence-electron chi connectivity index (χ2n) is 8.09. The number of hydrogen-bond donors (Lipinski definition) is 2. The molecule has 1 saturated heterocycles. The Balaban J connectivity index is 0.000000344. The van der Waals surface area contributed by atoms with Gasteiger partial charge in [0.25, 0.3) is 5.89 Å². The first kappa shape index (κ1) is 23.7. The number of aromatic nitrogens is 3. The molecule has 4 heterocycles. The summed E-state index contributed by atoms with van der Waals surface area (Å²) in [6.07, 6.45) is 0.309. The third kappa shape index (κ3) is 5.04. The number of aryl methyl sites for hydroxylation is 1. The molecule has 0 radical (unpaired) electrons. The fourth-order valence-corrected chi connectivity index (χ4v) is 4.19. The summed E-state index contributed by atoms with van der Waals surface area (Å²) in [5.74, 6) is -1.53. The van der Waals surface area contributed by atoms with E-state index in [4.69, 9.17) is 19.4 Å². The number of rotatable bonds is 3. The number of nitrogens with one attached hydrogen (secondary N) is 1. The molecule has 1 aromatic carbocycles. The Morgan fingerprint density at radius 2 is 1.91 bits per heavy atom. The van der Waals surface area contributed by atoms with Crippen LogP contribution in [-0.4, -0.2) is 52.0 Å². The Bertz CT molecular complexity index is 1170. The number of anilines is 1. The van der Waals surface area contributed by atoms with Crippen LogP contribution in [0.5, 0.6) is 0 Å². The lowest BCUT2D eigenvalue weighted by Crippen LogP contribution is -2.24. The molecule has 5 rings (SSSR count). The molecule has 2 N–H and O–H groups in total. The highest BCUT2D eigenvalue weighted by atomic mass is 19.4. The van der Waals surface area contributed by atoms with Crippen molar-refractivity contribution >= 4 is 11.7 Å². The van der Waals surface area contributed by atoms with Crippen LogP contribution in [0.15, 0.2) is 35.0 Å². The van der Waals surface area contributed by atoms with E-state index < -0.39 is 12.1 Å². The molecule has 0 spiro atoms. The predicted molar refractivity (Wildman–Crippen MR) is 118 cm³/mol. The highest BCUT2D eigenvalue weighted by Gasteiger charge is 2.38. The van der Waals surface area contributed by atoms with Crippen LogP contribution in [0.2, 0.25) is 0 Å². The summed E-state index contributed by atoms with van der Waals surface area (Å²) in [7, 11) is 0. The van der Waals surface area contributed by atoms with Crippen molar-refractivity contribution in [2.45, 2.75) is 38.9 Å². The number of alkyl halides is 3. The second kappa shape index (κ2) is 9.80. The normalized spacial score (nSPS) is 15.5. The molecule has 2 aliphatic heterocycles. The van der Waals surface area contributed by atoms with Gasteiger partial charge in [-0.2, -0.15) is 18.2 Å². The third-order valence-corrected chi connectivity index (χ3v) is 5.81. The predicted octanol–water partition coefficient (Wildman–Crippen LogP) is 3.99. The van der Waals surface area contributed by atoms with Gasteiger partial charge in [0.15, 0.2) is 0 Å². The topological polar surface area (TPSA) is 104 Å². The van der Waals surface area contributed by atoms with Gasteiger partial charge in [-0.3, -0.25) is 4.98 Å². The van der Waals surface area contributed by atoms with Crippen LogP contribution in [0.4, 0.5) is 18.9 Å². The molecule has 0 aliphatic carbocycles. The summed E-state index contributed by atoms with van der Waals surface area (Å²) in [6.45, 7) is 6.00. The Morgan fingerprint density at radius 3 is 2.62 bits per heavy atom. The van der Waals surface area contributed by atoms with Gasteiger partial charge in [-0.05, 0) is 56.0 Å². The van der Waals surface area contributed by atoms with Crippen molar-refractivity contribution in [3.8, 4) is 22.8 Å². The second-order valence-corrected chi connectivity index (χ2v) is 8.09. The van der Waals surface area contributed by atoms with Gasteiger partial charge in [-0.1, -0.05) is 17.3 Å². The van der Waals surface area contributed by atoms with Crippen molar-refractivity contribution in [3.63, 3.8) is 0 Å². The number of hydrogen-bond acceptors (Lipinski definition) is 7. The molecule has 1 fully saturated rings. The number of para-hydroxylation sites is 1. The van der Waals surface area contributed by atoms with Crippen LogP contribution < -0.4 is 10.2 Å². The summed E-state index contributed by atoms with van der Waals surface area (Å²) < 4.78 is 37.5. The van der Waals surface area contributed by atoms with Crippen molar-refractivity contribution < 1.29 is 27.6 Å². The summed E-state index contributed by atoms with van der Waals surface area (Å²) in [5, 5.41) is 14.9. The zero-order valence-electron chi connectivity index (χ0n) is 18.5. The minimum absolute atomic E-state index is 0.582. The average Bonchev–Trinajstić information content (AvgIpc) is 3.51. The zero-order valence-corrected chi connectivity index (χ0v) is 18.5. The summed E-state index contributed by atoms with van der Waals surface area (Å²) in [5.41, 5.74) is 6.69. The van der Waals surface area contributed by atoms with Crippen LogP contribution in [0.1, 0.15) is 29.7 Å². The van der Waals surface area contributed by atoms with Crippen molar-refractivity contribution in [2.24, 2.45) is 0 Å². The standard InChI is InChI=1S/C21H23N5O.C2HF3O2/c1-14-19(16-8-9-22-12-15(16)13-23-14)20-24-21(27-25-20)17-6-2-3-7-18(17)26-10-4-5-11-26;3-2(4,5)1(6)7/h2-3,6-7,13,22H,4-5,8-12H2,1H3;(H,6,7). The molecule has 0 atom stereocenters. The molecule has 0 amide bonds. The molecule has 2 aromatic heterocycles. The van der Waals surface area contributed by atoms with E-state index in [-0.39, 0.29) is 0 Å². The van der Waals surface area contributed by atoms with Gasteiger partial charge in [0.05, 0.1) is 5.56 Å². The highest BCUT2D eigenvalue weighted by Crippen LogP contribution is 2.34. The van der Waals surface area contributed by atoms with Crippen molar-refractivity contribution in [2.75, 3.05) is 24.5 Å². The quantitative estimate of drug-likeness (QED) is 0.586. The van der Waals surface area contributed by atoms with Gasteiger partial charge >= 0.3 is 12.1 Å².